The van der Waals surface area contributed by atoms with Crippen LogP contribution >= 0.6 is 0 Å². The first-order chi connectivity index (χ1) is 8.85. The number of rotatable bonds is 5. The zero-order chi connectivity index (χ0) is 12.8. The molecule has 0 aromatic heterocycles. The predicted octanol–water partition coefficient (Wildman–Crippen LogP) is 2.79. The molecule has 0 radical (unpaired) electrons. The lowest BCUT2D eigenvalue weighted by atomic mass is 9.92. The van der Waals surface area contributed by atoms with E-state index in [0.29, 0.717) is 12.3 Å². The van der Waals surface area contributed by atoms with Crippen LogP contribution < -0.4 is 4.74 Å². The zero-order valence-electron chi connectivity index (χ0n) is 10.9. The monoisotopic (exact) mass is 244 g/mol. The number of hydrogen-bond donors (Lipinski definition) is 0. The van der Waals surface area contributed by atoms with Gasteiger partial charge in [-0.25, -0.2) is 0 Å². The number of likely N-dealkylation sites (N-methyl/N-ethyl adjacent to an activating group) is 1. The molecule has 1 atom stereocenters. The van der Waals surface area contributed by atoms with E-state index in [1.807, 2.05) is 12.1 Å². The Morgan fingerprint density at radius 1 is 1.44 bits per heavy atom. The van der Waals surface area contributed by atoms with Crippen LogP contribution in [0.1, 0.15) is 31.2 Å². The Labute approximate surface area is 109 Å². The molecule has 1 unspecified atom stereocenters. The highest BCUT2D eigenvalue weighted by Gasteiger charge is 2.22. The lowest BCUT2D eigenvalue weighted by molar-refractivity contribution is 0.218. The summed E-state index contributed by atoms with van der Waals surface area (Å²) in [4.78, 5) is 2.36. The van der Waals surface area contributed by atoms with Crippen molar-refractivity contribution in [3.05, 3.63) is 29.8 Å². The Morgan fingerprint density at radius 3 is 3.06 bits per heavy atom. The first-order valence-corrected chi connectivity index (χ1v) is 6.66. The van der Waals surface area contributed by atoms with Crippen molar-refractivity contribution in [1.82, 2.24) is 4.90 Å². The zero-order valence-corrected chi connectivity index (χ0v) is 10.9. The summed E-state index contributed by atoms with van der Waals surface area (Å²) in [6, 6.07) is 10.5. The minimum atomic E-state index is 0.536. The highest BCUT2D eigenvalue weighted by atomic mass is 16.5. The van der Waals surface area contributed by atoms with Crippen molar-refractivity contribution in [2.45, 2.75) is 25.7 Å². The highest BCUT2D eigenvalue weighted by Crippen LogP contribution is 2.33. The number of hydrogen-bond acceptors (Lipinski definition) is 3. The molecule has 0 amide bonds. The van der Waals surface area contributed by atoms with Crippen LogP contribution in [0, 0.1) is 11.3 Å². The van der Waals surface area contributed by atoms with Gasteiger partial charge in [0.1, 0.15) is 5.75 Å². The average Bonchev–Trinajstić information content (AvgIpc) is 2.43. The van der Waals surface area contributed by atoms with E-state index in [-0.39, 0.29) is 0 Å². The number of ether oxygens (including phenoxy) is 1. The minimum absolute atomic E-state index is 0.536. The molecule has 3 nitrogen and oxygen atoms in total. The van der Waals surface area contributed by atoms with E-state index in [0.717, 1.165) is 38.4 Å². The van der Waals surface area contributed by atoms with Crippen LogP contribution in [0.25, 0.3) is 0 Å². The molecule has 18 heavy (non-hydrogen) atoms. The van der Waals surface area contributed by atoms with Crippen LogP contribution in [0.4, 0.5) is 0 Å². The van der Waals surface area contributed by atoms with Crippen molar-refractivity contribution < 1.29 is 4.74 Å². The second-order valence-electron chi connectivity index (χ2n) is 4.67. The number of nitriles is 1. The van der Waals surface area contributed by atoms with Crippen LogP contribution in [0.2, 0.25) is 0 Å². The topological polar surface area (TPSA) is 36.3 Å². The smallest absolute Gasteiger partial charge is 0.122 e. The van der Waals surface area contributed by atoms with Gasteiger partial charge in [0.15, 0.2) is 0 Å². The Morgan fingerprint density at radius 2 is 2.28 bits per heavy atom. The maximum absolute atomic E-state index is 8.68. The van der Waals surface area contributed by atoms with Crippen LogP contribution in [0.15, 0.2) is 24.3 Å². The summed E-state index contributed by atoms with van der Waals surface area (Å²) in [5.41, 5.74) is 1.32. The van der Waals surface area contributed by atoms with Crippen LogP contribution in [-0.2, 0) is 0 Å². The van der Waals surface area contributed by atoms with E-state index in [4.69, 9.17) is 10.00 Å². The van der Waals surface area contributed by atoms with Crippen molar-refractivity contribution in [1.29, 1.82) is 5.26 Å². The summed E-state index contributed by atoms with van der Waals surface area (Å²) < 4.78 is 5.68. The van der Waals surface area contributed by atoms with Gasteiger partial charge in [-0.05, 0) is 24.6 Å². The van der Waals surface area contributed by atoms with E-state index >= 15 is 0 Å². The van der Waals surface area contributed by atoms with Gasteiger partial charge in [-0.2, -0.15) is 5.26 Å². The second-order valence-corrected chi connectivity index (χ2v) is 4.67. The SMILES string of the molecule is CCN(CCC#N)CC1CCOc2ccccc21. The van der Waals surface area contributed by atoms with Gasteiger partial charge in [0, 0.05) is 25.4 Å². The van der Waals surface area contributed by atoms with Crippen molar-refractivity contribution in [2.24, 2.45) is 0 Å². The molecular weight excluding hydrogens is 224 g/mol. The van der Waals surface area contributed by atoms with Crippen molar-refractivity contribution in [3.63, 3.8) is 0 Å². The molecule has 0 N–H and O–H groups in total. The number of para-hydroxylation sites is 1. The molecule has 0 bridgehead atoms. The van der Waals surface area contributed by atoms with E-state index in [1.54, 1.807) is 0 Å². The Kier molecular flexibility index (Phi) is 4.60. The molecule has 1 aromatic carbocycles. The number of nitrogens with zero attached hydrogens (tertiary/aromatic N) is 2. The molecule has 0 fully saturated rings. The van der Waals surface area contributed by atoms with Gasteiger partial charge < -0.3 is 9.64 Å². The Balaban J connectivity index is 2.04. The molecule has 0 spiro atoms. The molecule has 0 saturated carbocycles. The molecule has 1 aliphatic rings. The van der Waals surface area contributed by atoms with E-state index in [9.17, 15) is 0 Å². The Bertz CT molecular complexity index is 425. The highest BCUT2D eigenvalue weighted by molar-refractivity contribution is 5.37. The normalized spacial score (nSPS) is 17.9. The number of fused-ring (bicyclic) bond motifs is 1. The predicted molar refractivity (Wildman–Crippen MR) is 71.6 cm³/mol. The third kappa shape index (κ3) is 3.02. The lowest BCUT2D eigenvalue weighted by Gasteiger charge is -2.30. The fraction of sp³-hybridized carbons (Fsp3) is 0.533. The van der Waals surface area contributed by atoms with Gasteiger partial charge in [-0.1, -0.05) is 25.1 Å². The fourth-order valence-corrected chi connectivity index (χ4v) is 2.50. The Hall–Kier alpha value is -1.53. The maximum Gasteiger partial charge on any atom is 0.122 e. The van der Waals surface area contributed by atoms with Crippen molar-refractivity contribution >= 4 is 0 Å². The summed E-state index contributed by atoms with van der Waals surface area (Å²) in [5.74, 6) is 1.57. The van der Waals surface area contributed by atoms with Gasteiger partial charge in [-0.15, -0.1) is 0 Å². The molecule has 3 heteroatoms. The molecule has 1 heterocycles. The van der Waals surface area contributed by atoms with Gasteiger partial charge >= 0.3 is 0 Å². The molecule has 1 aromatic rings. The van der Waals surface area contributed by atoms with Gasteiger partial charge in [-0.3, -0.25) is 0 Å². The maximum atomic E-state index is 8.68. The minimum Gasteiger partial charge on any atom is -0.493 e. The molecule has 96 valence electrons. The summed E-state index contributed by atoms with van der Waals surface area (Å²) >= 11 is 0. The third-order valence-corrected chi connectivity index (χ3v) is 3.55. The van der Waals surface area contributed by atoms with Gasteiger partial charge in [0.25, 0.3) is 0 Å². The first-order valence-electron chi connectivity index (χ1n) is 6.66. The molecule has 2 rings (SSSR count). The average molecular weight is 244 g/mol. The fourth-order valence-electron chi connectivity index (χ4n) is 2.50. The lowest BCUT2D eigenvalue weighted by Crippen LogP contribution is -2.31. The quantitative estimate of drug-likeness (QED) is 0.799. The van der Waals surface area contributed by atoms with Crippen molar-refractivity contribution in [3.8, 4) is 11.8 Å². The third-order valence-electron chi connectivity index (χ3n) is 3.55. The summed E-state index contributed by atoms with van der Waals surface area (Å²) in [5, 5.41) is 8.68. The van der Waals surface area contributed by atoms with Crippen LogP contribution in [-0.4, -0.2) is 31.1 Å². The second kappa shape index (κ2) is 6.42. The van der Waals surface area contributed by atoms with Gasteiger partial charge in [0.05, 0.1) is 12.7 Å². The molecule has 0 saturated heterocycles. The largest absolute Gasteiger partial charge is 0.493 e. The summed E-state index contributed by atoms with van der Waals surface area (Å²) in [7, 11) is 0. The van der Waals surface area contributed by atoms with Crippen molar-refractivity contribution in [2.75, 3.05) is 26.2 Å². The number of benzene rings is 1. The van der Waals surface area contributed by atoms with E-state index in [2.05, 4.69) is 30.0 Å². The standard InChI is InChI=1S/C15H20N2O/c1-2-17(10-5-9-16)12-13-8-11-18-15-7-4-3-6-14(13)15/h3-4,6-7,13H,2,5,8,10-12H2,1H3. The van der Waals surface area contributed by atoms with Gasteiger partial charge in [0.2, 0.25) is 0 Å². The summed E-state index contributed by atoms with van der Waals surface area (Å²) in [6.45, 7) is 5.85. The molecular formula is C15H20N2O. The van der Waals surface area contributed by atoms with Crippen LogP contribution in [0.3, 0.4) is 0 Å². The molecule has 1 aliphatic heterocycles. The van der Waals surface area contributed by atoms with E-state index < -0.39 is 0 Å². The first kappa shape index (κ1) is 12.9. The summed E-state index contributed by atoms with van der Waals surface area (Å²) in [6.07, 6.45) is 1.68. The molecule has 0 aliphatic carbocycles. The van der Waals surface area contributed by atoms with Crippen LogP contribution in [0.5, 0.6) is 5.75 Å². The van der Waals surface area contributed by atoms with E-state index in [1.165, 1.54) is 5.56 Å².